The zero-order chi connectivity index (χ0) is 24.9. The number of nitrogens with zero attached hydrogens (tertiary/aromatic N) is 1. The quantitative estimate of drug-likeness (QED) is 0.381. The van der Waals surface area contributed by atoms with E-state index in [1.54, 1.807) is 48.5 Å². The van der Waals surface area contributed by atoms with Gasteiger partial charge in [-0.1, -0.05) is 41.9 Å². The lowest BCUT2D eigenvalue weighted by Gasteiger charge is -2.15. The number of hydrogen-bond donors (Lipinski definition) is 2. The summed E-state index contributed by atoms with van der Waals surface area (Å²) in [4.78, 5) is 50.5. The molecule has 0 spiro atoms. The van der Waals surface area contributed by atoms with E-state index in [-0.39, 0.29) is 23.2 Å². The van der Waals surface area contributed by atoms with Gasteiger partial charge in [-0.3, -0.25) is 19.3 Å². The van der Waals surface area contributed by atoms with Crippen molar-refractivity contribution in [3.05, 3.63) is 106 Å². The van der Waals surface area contributed by atoms with Crippen LogP contribution in [0.1, 0.15) is 26.3 Å². The molecule has 0 aromatic heterocycles. The topological polar surface area (TPSA) is 105 Å². The van der Waals surface area contributed by atoms with Gasteiger partial charge < -0.3 is 15.4 Å². The fourth-order valence-corrected chi connectivity index (χ4v) is 3.65. The number of carbonyl (C=O) groups excluding carboxylic acids is 4. The van der Waals surface area contributed by atoms with Gasteiger partial charge in [0.05, 0.1) is 19.2 Å². The molecule has 2 N–H and O–H groups in total. The van der Waals surface area contributed by atoms with Crippen LogP contribution < -0.4 is 10.6 Å². The SMILES string of the molecule is COC(=O)c1ccc(NC(=O)c2ccc(NC3=C(Cl)C(=O)N(Cc4ccccc4)C3=O)cc2)cc1. The molecule has 1 aliphatic rings. The average molecular weight is 490 g/mol. The predicted octanol–water partition coefficient (Wildman–Crippen LogP) is 4.16. The van der Waals surface area contributed by atoms with Gasteiger partial charge in [0.2, 0.25) is 0 Å². The highest BCUT2D eigenvalue weighted by molar-refractivity contribution is 6.48. The fourth-order valence-electron chi connectivity index (χ4n) is 3.42. The van der Waals surface area contributed by atoms with Gasteiger partial charge in [-0.05, 0) is 54.1 Å². The Morgan fingerprint density at radius 2 is 1.43 bits per heavy atom. The van der Waals surface area contributed by atoms with Crippen molar-refractivity contribution in [3.63, 3.8) is 0 Å². The first-order valence-corrected chi connectivity index (χ1v) is 10.9. The summed E-state index contributed by atoms with van der Waals surface area (Å²) in [6.07, 6.45) is 0. The molecule has 4 rings (SSSR count). The van der Waals surface area contributed by atoms with Crippen molar-refractivity contribution in [2.75, 3.05) is 17.7 Å². The summed E-state index contributed by atoms with van der Waals surface area (Å²) in [5, 5.41) is 5.43. The van der Waals surface area contributed by atoms with E-state index >= 15 is 0 Å². The highest BCUT2D eigenvalue weighted by atomic mass is 35.5. The molecule has 9 heteroatoms. The Morgan fingerprint density at radius 3 is 2.06 bits per heavy atom. The third-order valence-corrected chi connectivity index (χ3v) is 5.63. The summed E-state index contributed by atoms with van der Waals surface area (Å²) in [6, 6.07) is 21.8. The predicted molar refractivity (Wildman–Crippen MR) is 131 cm³/mol. The highest BCUT2D eigenvalue weighted by Gasteiger charge is 2.37. The van der Waals surface area contributed by atoms with Gasteiger partial charge in [0.25, 0.3) is 17.7 Å². The second-order valence-electron chi connectivity index (χ2n) is 7.60. The third kappa shape index (κ3) is 5.23. The van der Waals surface area contributed by atoms with Crippen LogP contribution in [0.4, 0.5) is 11.4 Å². The van der Waals surface area contributed by atoms with Crippen LogP contribution in [0, 0.1) is 0 Å². The maximum absolute atomic E-state index is 12.8. The van der Waals surface area contributed by atoms with Gasteiger partial charge in [-0.15, -0.1) is 0 Å². The molecule has 0 unspecified atom stereocenters. The molecular weight excluding hydrogens is 470 g/mol. The lowest BCUT2D eigenvalue weighted by atomic mass is 10.1. The van der Waals surface area contributed by atoms with Crippen molar-refractivity contribution in [3.8, 4) is 0 Å². The van der Waals surface area contributed by atoms with Crippen molar-refractivity contribution < 1.29 is 23.9 Å². The number of imide groups is 1. The van der Waals surface area contributed by atoms with E-state index in [1.807, 2.05) is 30.3 Å². The zero-order valence-electron chi connectivity index (χ0n) is 18.6. The monoisotopic (exact) mass is 489 g/mol. The Hall–Kier alpha value is -4.43. The molecule has 0 aliphatic carbocycles. The van der Waals surface area contributed by atoms with Gasteiger partial charge >= 0.3 is 5.97 Å². The molecule has 3 aromatic carbocycles. The number of ether oxygens (including phenoxy) is 1. The molecular formula is C26H20ClN3O5. The largest absolute Gasteiger partial charge is 0.465 e. The molecule has 176 valence electrons. The van der Waals surface area contributed by atoms with Crippen LogP contribution in [0.2, 0.25) is 0 Å². The zero-order valence-corrected chi connectivity index (χ0v) is 19.3. The first kappa shape index (κ1) is 23.7. The summed E-state index contributed by atoms with van der Waals surface area (Å²) in [6.45, 7) is 0.111. The molecule has 3 amide bonds. The van der Waals surface area contributed by atoms with Crippen LogP contribution in [0.3, 0.4) is 0 Å². The summed E-state index contributed by atoms with van der Waals surface area (Å²) in [5.74, 6) is -1.93. The van der Waals surface area contributed by atoms with Crippen molar-refractivity contribution in [2.24, 2.45) is 0 Å². The number of amides is 3. The summed E-state index contributed by atoms with van der Waals surface area (Å²) >= 11 is 6.16. The minimum absolute atomic E-state index is 0.0181. The van der Waals surface area contributed by atoms with E-state index in [0.717, 1.165) is 10.5 Å². The van der Waals surface area contributed by atoms with Gasteiger partial charge in [0, 0.05) is 16.9 Å². The maximum Gasteiger partial charge on any atom is 0.337 e. The number of esters is 1. The summed E-state index contributed by atoms with van der Waals surface area (Å²) < 4.78 is 4.65. The van der Waals surface area contributed by atoms with Gasteiger partial charge in [-0.25, -0.2) is 4.79 Å². The minimum Gasteiger partial charge on any atom is -0.465 e. The molecule has 0 radical (unpaired) electrons. The number of methoxy groups -OCH3 is 1. The first-order chi connectivity index (χ1) is 16.9. The van der Waals surface area contributed by atoms with Crippen molar-refractivity contribution in [1.82, 2.24) is 4.90 Å². The van der Waals surface area contributed by atoms with Crippen molar-refractivity contribution in [1.29, 1.82) is 0 Å². The van der Waals surface area contributed by atoms with Crippen LogP contribution in [0.5, 0.6) is 0 Å². The minimum atomic E-state index is -0.572. The molecule has 0 saturated heterocycles. The van der Waals surface area contributed by atoms with E-state index in [9.17, 15) is 19.2 Å². The molecule has 0 fully saturated rings. The van der Waals surface area contributed by atoms with E-state index in [1.165, 1.54) is 7.11 Å². The Morgan fingerprint density at radius 1 is 0.829 bits per heavy atom. The molecule has 0 bridgehead atoms. The standard InChI is InChI=1S/C26H20ClN3O5/c1-35-26(34)18-9-13-20(14-10-18)29-23(31)17-7-11-19(12-8-17)28-22-21(27)24(32)30(25(22)33)15-16-5-3-2-4-6-16/h2-14,28H,15H2,1H3,(H,29,31). The van der Waals surface area contributed by atoms with Crippen LogP contribution >= 0.6 is 11.6 Å². The molecule has 1 heterocycles. The molecule has 3 aromatic rings. The normalized spacial score (nSPS) is 13.1. The molecule has 0 saturated carbocycles. The van der Waals surface area contributed by atoms with Gasteiger partial charge in [0.1, 0.15) is 10.7 Å². The second kappa shape index (κ2) is 10.2. The second-order valence-corrected chi connectivity index (χ2v) is 7.97. The lowest BCUT2D eigenvalue weighted by Crippen LogP contribution is -2.31. The number of hydrogen-bond acceptors (Lipinski definition) is 6. The molecule has 35 heavy (non-hydrogen) atoms. The average Bonchev–Trinajstić information content (AvgIpc) is 3.08. The van der Waals surface area contributed by atoms with E-state index in [2.05, 4.69) is 15.4 Å². The Bertz CT molecular complexity index is 1320. The highest BCUT2D eigenvalue weighted by Crippen LogP contribution is 2.27. The van der Waals surface area contributed by atoms with Gasteiger partial charge in [0.15, 0.2) is 0 Å². The number of halogens is 1. The summed E-state index contributed by atoms with van der Waals surface area (Å²) in [7, 11) is 1.29. The maximum atomic E-state index is 12.8. The van der Waals surface area contributed by atoms with E-state index in [0.29, 0.717) is 22.5 Å². The summed E-state index contributed by atoms with van der Waals surface area (Å²) in [5.41, 5.74) is 2.52. The lowest BCUT2D eigenvalue weighted by molar-refractivity contribution is -0.138. The van der Waals surface area contributed by atoms with E-state index in [4.69, 9.17) is 11.6 Å². The van der Waals surface area contributed by atoms with Crippen LogP contribution in [0.15, 0.2) is 89.6 Å². The molecule has 8 nitrogen and oxygen atoms in total. The van der Waals surface area contributed by atoms with Crippen LogP contribution in [0.25, 0.3) is 0 Å². The van der Waals surface area contributed by atoms with Crippen LogP contribution in [-0.2, 0) is 20.9 Å². The Kier molecular flexibility index (Phi) is 6.93. The van der Waals surface area contributed by atoms with Crippen LogP contribution in [-0.4, -0.2) is 35.7 Å². The smallest absolute Gasteiger partial charge is 0.337 e. The molecule has 1 aliphatic heterocycles. The number of carbonyl (C=O) groups is 4. The van der Waals surface area contributed by atoms with E-state index < -0.39 is 17.8 Å². The number of rotatable bonds is 7. The molecule has 0 atom stereocenters. The van der Waals surface area contributed by atoms with Crippen molar-refractivity contribution >= 4 is 46.7 Å². The Labute approximate surface area is 206 Å². The first-order valence-electron chi connectivity index (χ1n) is 10.5. The van der Waals surface area contributed by atoms with Crippen molar-refractivity contribution in [2.45, 2.75) is 6.54 Å². The third-order valence-electron chi connectivity index (χ3n) is 5.28. The Balaban J connectivity index is 1.40. The number of anilines is 2. The van der Waals surface area contributed by atoms with Gasteiger partial charge in [-0.2, -0.15) is 0 Å². The number of nitrogens with one attached hydrogen (secondary N) is 2. The fraction of sp³-hybridized carbons (Fsp3) is 0.0769. The number of benzene rings is 3.